The van der Waals surface area contributed by atoms with Gasteiger partial charge in [0.25, 0.3) is 0 Å². The van der Waals surface area contributed by atoms with Gasteiger partial charge in [-0.15, -0.1) is 0 Å². The van der Waals surface area contributed by atoms with Gasteiger partial charge < -0.3 is 33.8 Å². The number of aliphatic hydroxyl groups is 1. The molecule has 546 valence electrons. The zero-order chi connectivity index (χ0) is 68.2. The summed E-state index contributed by atoms with van der Waals surface area (Å²) < 4.78 is 68.4. The lowest BCUT2D eigenvalue weighted by Gasteiger charge is -2.21. The lowest BCUT2D eigenvalue weighted by molar-refractivity contribution is -0.161. The average Bonchev–Trinajstić information content (AvgIpc) is 3.11. The van der Waals surface area contributed by atoms with Gasteiger partial charge in [-0.05, 0) is 49.4 Å². The van der Waals surface area contributed by atoms with Gasteiger partial charge in [-0.3, -0.25) is 37.3 Å². The van der Waals surface area contributed by atoms with Crippen LogP contribution in [-0.4, -0.2) is 96.7 Å². The Balaban J connectivity index is 5.24. The Morgan fingerprint density at radius 2 is 0.457 bits per heavy atom. The third-order valence-corrected chi connectivity index (χ3v) is 18.7. The van der Waals surface area contributed by atoms with E-state index < -0.39 is 97.5 Å². The van der Waals surface area contributed by atoms with Gasteiger partial charge in [-0.25, -0.2) is 9.13 Å². The predicted molar refractivity (Wildman–Crippen MR) is 372 cm³/mol. The van der Waals surface area contributed by atoms with Crippen LogP contribution in [0.15, 0.2) is 0 Å². The van der Waals surface area contributed by atoms with Gasteiger partial charge in [0.15, 0.2) is 12.2 Å². The van der Waals surface area contributed by atoms with Crippen LogP contribution in [0.4, 0.5) is 0 Å². The second kappa shape index (κ2) is 62.6. The van der Waals surface area contributed by atoms with E-state index in [1.54, 1.807) is 0 Å². The van der Waals surface area contributed by atoms with Gasteiger partial charge in [0.1, 0.15) is 19.3 Å². The molecule has 0 spiro atoms. The summed E-state index contributed by atoms with van der Waals surface area (Å²) in [6.07, 6.45) is 45.9. The molecule has 0 aromatic rings. The number of aliphatic hydroxyl groups excluding tert-OH is 1. The Hall–Kier alpha value is -1.94. The van der Waals surface area contributed by atoms with Crippen LogP contribution >= 0.6 is 15.6 Å². The number of carbonyl (C=O) groups is 4. The Kier molecular flexibility index (Phi) is 61.3. The van der Waals surface area contributed by atoms with Crippen molar-refractivity contribution in [3.8, 4) is 0 Å². The minimum Gasteiger partial charge on any atom is -0.462 e. The molecule has 3 N–H and O–H groups in total. The molecule has 0 rings (SSSR count). The highest BCUT2D eigenvalue weighted by atomic mass is 31.2. The first-order valence-corrected chi connectivity index (χ1v) is 40.7. The van der Waals surface area contributed by atoms with Crippen LogP contribution in [0.25, 0.3) is 0 Å². The Bertz CT molecular complexity index is 1820. The van der Waals surface area contributed by atoms with Crippen LogP contribution in [0.3, 0.4) is 0 Å². The summed E-state index contributed by atoms with van der Waals surface area (Å²) in [6.45, 7) is 14.1. The highest BCUT2D eigenvalue weighted by Crippen LogP contribution is 2.45. The van der Waals surface area contributed by atoms with Crippen molar-refractivity contribution in [1.82, 2.24) is 0 Å². The molecule has 17 nitrogen and oxygen atoms in total. The molecular weight excluding hydrogens is 1210 g/mol. The Morgan fingerprint density at radius 3 is 0.674 bits per heavy atom. The van der Waals surface area contributed by atoms with Crippen LogP contribution in [0.5, 0.6) is 0 Å². The summed E-state index contributed by atoms with van der Waals surface area (Å²) >= 11 is 0. The van der Waals surface area contributed by atoms with Crippen molar-refractivity contribution in [2.45, 2.75) is 382 Å². The van der Waals surface area contributed by atoms with E-state index >= 15 is 0 Å². The Morgan fingerprint density at radius 1 is 0.272 bits per heavy atom. The van der Waals surface area contributed by atoms with Crippen molar-refractivity contribution in [1.29, 1.82) is 0 Å². The van der Waals surface area contributed by atoms with Gasteiger partial charge in [-0.1, -0.05) is 312 Å². The molecule has 0 aliphatic carbocycles. The molecule has 0 radical (unpaired) electrons. The molecule has 0 saturated carbocycles. The fraction of sp³-hybridized carbons (Fsp3) is 0.945. The summed E-state index contributed by atoms with van der Waals surface area (Å²) in [7, 11) is -9.91. The number of unbranched alkanes of at least 4 members (excludes halogenated alkanes) is 36. The van der Waals surface area contributed by atoms with E-state index in [9.17, 15) is 43.2 Å². The third kappa shape index (κ3) is 66.7. The second-order valence-corrected chi connectivity index (χ2v) is 31.1. The fourth-order valence-electron chi connectivity index (χ4n) is 11.0. The smallest absolute Gasteiger partial charge is 0.462 e. The maximum absolute atomic E-state index is 13.0. The molecule has 0 amide bonds. The molecule has 19 heteroatoms. The first kappa shape index (κ1) is 90.1. The monoisotopic (exact) mass is 1350 g/mol. The number of rotatable bonds is 70. The summed E-state index contributed by atoms with van der Waals surface area (Å²) in [5, 5.41) is 10.6. The van der Waals surface area contributed by atoms with E-state index in [0.29, 0.717) is 31.6 Å². The molecule has 2 unspecified atom stereocenters. The fourth-order valence-corrected chi connectivity index (χ4v) is 12.6. The molecule has 0 aromatic heterocycles. The van der Waals surface area contributed by atoms with Crippen LogP contribution in [0.2, 0.25) is 0 Å². The number of ether oxygens (including phenoxy) is 4. The molecule has 0 aliphatic rings. The number of carbonyl (C=O) groups excluding carboxylic acids is 4. The maximum Gasteiger partial charge on any atom is 0.472 e. The van der Waals surface area contributed by atoms with Crippen LogP contribution in [0, 0.1) is 23.7 Å². The molecule has 0 fully saturated rings. The molecule has 92 heavy (non-hydrogen) atoms. The predicted octanol–water partition coefficient (Wildman–Crippen LogP) is 20.9. The van der Waals surface area contributed by atoms with Gasteiger partial charge in [0.05, 0.1) is 26.4 Å². The molecule has 0 bridgehead atoms. The van der Waals surface area contributed by atoms with Gasteiger partial charge in [0, 0.05) is 25.7 Å². The largest absolute Gasteiger partial charge is 0.472 e. The van der Waals surface area contributed by atoms with Gasteiger partial charge in [-0.2, -0.15) is 0 Å². The van der Waals surface area contributed by atoms with Crippen molar-refractivity contribution in [3.63, 3.8) is 0 Å². The molecule has 0 aromatic carbocycles. The second-order valence-electron chi connectivity index (χ2n) is 28.2. The third-order valence-electron chi connectivity index (χ3n) is 16.8. The highest BCUT2D eigenvalue weighted by Gasteiger charge is 2.30. The van der Waals surface area contributed by atoms with E-state index in [1.807, 2.05) is 0 Å². The van der Waals surface area contributed by atoms with Gasteiger partial charge in [0.2, 0.25) is 0 Å². The van der Waals surface area contributed by atoms with Crippen LogP contribution < -0.4 is 0 Å². The van der Waals surface area contributed by atoms with E-state index in [0.717, 1.165) is 114 Å². The van der Waals surface area contributed by atoms with Crippen molar-refractivity contribution in [2.75, 3.05) is 39.6 Å². The summed E-state index contributed by atoms with van der Waals surface area (Å²) in [6, 6.07) is 0. The van der Waals surface area contributed by atoms with Gasteiger partial charge >= 0.3 is 39.5 Å². The zero-order valence-corrected chi connectivity index (χ0v) is 62.0. The van der Waals surface area contributed by atoms with Crippen LogP contribution in [0.1, 0.15) is 364 Å². The van der Waals surface area contributed by atoms with Crippen molar-refractivity contribution in [2.24, 2.45) is 23.7 Å². The minimum absolute atomic E-state index is 0.105. The first-order chi connectivity index (χ1) is 44.1. The topological polar surface area (TPSA) is 237 Å². The minimum atomic E-state index is -4.95. The normalized spacial score (nSPS) is 14.2. The molecule has 0 heterocycles. The number of esters is 4. The Labute approximate surface area is 562 Å². The zero-order valence-electron chi connectivity index (χ0n) is 60.2. The number of phosphoric acid groups is 2. The maximum atomic E-state index is 13.0. The van der Waals surface area contributed by atoms with Crippen LogP contribution in [-0.2, 0) is 65.4 Å². The first-order valence-electron chi connectivity index (χ1n) is 37.7. The van der Waals surface area contributed by atoms with Crippen molar-refractivity contribution in [3.05, 3.63) is 0 Å². The van der Waals surface area contributed by atoms with E-state index in [-0.39, 0.29) is 25.7 Å². The lowest BCUT2D eigenvalue weighted by atomic mass is 10.0. The molecule has 0 aliphatic heterocycles. The number of phosphoric ester groups is 2. The molecular formula is C73H142O17P2. The van der Waals surface area contributed by atoms with E-state index in [2.05, 4.69) is 55.4 Å². The molecule has 0 saturated heterocycles. The number of hydrogen-bond donors (Lipinski definition) is 3. The number of hydrogen-bond acceptors (Lipinski definition) is 15. The summed E-state index contributed by atoms with van der Waals surface area (Å²) in [4.78, 5) is 72.6. The SMILES string of the molecule is CC(C)CCCCCCCCCCCCCCCC(=O)O[C@H](COC(=O)CCCCCCCCCCCC(C)C)COP(=O)(O)OC[C@@H](O)COP(=O)(O)OC[C@@H](COC(=O)CCCCCCCCC(C)C)OC(=O)CCCCCCCCCCCCCCC(C)C. The quantitative estimate of drug-likeness (QED) is 0.0222. The van der Waals surface area contributed by atoms with E-state index in [1.165, 1.54) is 161 Å². The van der Waals surface area contributed by atoms with Crippen molar-refractivity contribution < 1.29 is 80.2 Å². The van der Waals surface area contributed by atoms with E-state index in [4.69, 9.17) is 37.0 Å². The summed E-state index contributed by atoms with van der Waals surface area (Å²) in [5.41, 5.74) is 0. The molecule has 5 atom stereocenters. The standard InChI is InChI=1S/C73H142O17P2/c1-63(2)49-41-33-25-19-14-10-9-11-16-22-29-39-47-55-72(77)89-68(59-83-70(75)53-45-37-28-24-18-21-27-35-43-51-65(5)6)61-87-91(79,80)85-57-67(74)58-86-92(81,82)88-62-69(60-84-71(76)54-46-38-32-31-36-44-52-66(7)8)90-73(78)56-48-40-30-23-17-13-12-15-20-26-34-42-50-64(3)4/h63-69,74H,9-62H2,1-8H3,(H,79,80)(H,81,82)/t67-,68-,69-/m1/s1. The summed E-state index contributed by atoms with van der Waals surface area (Å²) in [5.74, 6) is 0.860. The van der Waals surface area contributed by atoms with Crippen molar-refractivity contribution >= 4 is 39.5 Å². The lowest BCUT2D eigenvalue weighted by Crippen LogP contribution is -2.30. The average molecular weight is 1350 g/mol. The highest BCUT2D eigenvalue weighted by molar-refractivity contribution is 7.47.